The minimum Gasteiger partial charge on any atom is -0.462 e. The summed E-state index contributed by atoms with van der Waals surface area (Å²) in [6, 6.07) is 7.66. The number of anilines is 1. The van der Waals surface area contributed by atoms with Gasteiger partial charge in [0.05, 0.1) is 23.6 Å². The first-order chi connectivity index (χ1) is 17.5. The van der Waals surface area contributed by atoms with Gasteiger partial charge in [0.25, 0.3) is 5.56 Å². The van der Waals surface area contributed by atoms with Crippen molar-refractivity contribution in [1.29, 1.82) is 0 Å². The molecule has 0 radical (unpaired) electrons. The third-order valence-electron chi connectivity index (χ3n) is 7.12. The number of alkyl halides is 6. The first-order valence-electron chi connectivity index (χ1n) is 11.5. The molecule has 4 heterocycles. The number of hydrogen-bond acceptors (Lipinski definition) is 5. The molecule has 1 saturated heterocycles. The second-order valence-electron chi connectivity index (χ2n) is 9.27. The lowest BCUT2D eigenvalue weighted by Gasteiger charge is -2.37. The first-order valence-corrected chi connectivity index (χ1v) is 11.5. The van der Waals surface area contributed by atoms with E-state index in [1.54, 1.807) is 24.3 Å². The number of pyridine rings is 1. The van der Waals surface area contributed by atoms with Gasteiger partial charge in [-0.25, -0.2) is 9.97 Å². The lowest BCUT2D eigenvalue weighted by molar-refractivity contribution is -0.145. The van der Waals surface area contributed by atoms with E-state index in [9.17, 15) is 31.1 Å². The van der Waals surface area contributed by atoms with E-state index in [0.717, 1.165) is 5.39 Å². The Balaban J connectivity index is 1.56. The van der Waals surface area contributed by atoms with Gasteiger partial charge >= 0.3 is 12.4 Å². The van der Waals surface area contributed by atoms with Gasteiger partial charge in [-0.05, 0) is 49.4 Å². The van der Waals surface area contributed by atoms with E-state index in [1.807, 2.05) is 0 Å². The Hall–Kier alpha value is -3.83. The lowest BCUT2D eigenvalue weighted by atomic mass is 9.97. The zero-order valence-electron chi connectivity index (χ0n) is 18.9. The molecule has 2 aliphatic rings. The van der Waals surface area contributed by atoms with E-state index in [-0.39, 0.29) is 23.9 Å². The van der Waals surface area contributed by atoms with E-state index < -0.39 is 41.0 Å². The van der Waals surface area contributed by atoms with E-state index in [2.05, 4.69) is 9.97 Å². The second-order valence-corrected chi connectivity index (χ2v) is 9.27. The molecule has 0 unspecified atom stereocenters. The minimum absolute atomic E-state index is 0.0150. The summed E-state index contributed by atoms with van der Waals surface area (Å²) in [7, 11) is 0. The largest absolute Gasteiger partial charge is 0.462 e. The van der Waals surface area contributed by atoms with Gasteiger partial charge in [0, 0.05) is 23.7 Å². The third-order valence-corrected chi connectivity index (χ3v) is 7.12. The summed E-state index contributed by atoms with van der Waals surface area (Å²) in [6.07, 6.45) is -5.54. The molecular formula is C25H18F6N4O2. The van der Waals surface area contributed by atoms with Gasteiger partial charge in [0.15, 0.2) is 5.58 Å². The van der Waals surface area contributed by atoms with Gasteiger partial charge in [-0.2, -0.15) is 26.3 Å². The predicted octanol–water partition coefficient (Wildman–Crippen LogP) is 6.14. The van der Waals surface area contributed by atoms with Crippen molar-refractivity contribution in [2.45, 2.75) is 43.7 Å². The number of benzene rings is 1. The van der Waals surface area contributed by atoms with Gasteiger partial charge < -0.3 is 9.32 Å². The van der Waals surface area contributed by atoms with Crippen LogP contribution in [0.1, 0.15) is 42.4 Å². The van der Waals surface area contributed by atoms with Crippen LogP contribution in [0, 0.1) is 5.92 Å². The summed E-state index contributed by atoms with van der Waals surface area (Å²) in [4.78, 5) is 22.7. The number of fused-ring (bicyclic) bond motifs is 3. The van der Waals surface area contributed by atoms with Crippen LogP contribution in [0.15, 0.2) is 64.1 Å². The molecule has 2 bridgehead atoms. The molecule has 3 aromatic heterocycles. The maximum absolute atomic E-state index is 13.6. The van der Waals surface area contributed by atoms with E-state index >= 15 is 0 Å². The third kappa shape index (κ3) is 3.85. The van der Waals surface area contributed by atoms with Crippen molar-refractivity contribution in [3.05, 3.63) is 82.4 Å². The zero-order chi connectivity index (χ0) is 26.1. The summed E-state index contributed by atoms with van der Waals surface area (Å²) in [5.41, 5.74) is -2.73. The maximum atomic E-state index is 13.6. The molecule has 2 fully saturated rings. The normalized spacial score (nSPS) is 21.8. The molecular weight excluding hydrogens is 502 g/mol. The first kappa shape index (κ1) is 23.6. The van der Waals surface area contributed by atoms with Crippen LogP contribution in [0.2, 0.25) is 0 Å². The van der Waals surface area contributed by atoms with Crippen LogP contribution in [-0.4, -0.2) is 20.6 Å². The average molecular weight is 520 g/mol. The molecule has 6 nitrogen and oxygen atoms in total. The molecule has 1 aromatic carbocycles. The highest BCUT2D eigenvalue weighted by Gasteiger charge is 2.50. The molecule has 0 N–H and O–H groups in total. The smallest absolute Gasteiger partial charge is 0.433 e. The monoisotopic (exact) mass is 520 g/mol. The minimum atomic E-state index is -5.08. The van der Waals surface area contributed by atoms with Crippen LogP contribution in [0.3, 0.4) is 0 Å². The Labute approximate surface area is 205 Å². The SMILES string of the molecule is O=c1ccnc([C@@H]2[C@H]3CC[C@H](C3)N2c2cc(C(F)(F)F)cc(C(F)(F)F)n2)n1-c1cccc2ccoc12. The van der Waals surface area contributed by atoms with Crippen molar-refractivity contribution in [2.24, 2.45) is 5.92 Å². The lowest BCUT2D eigenvalue weighted by Crippen LogP contribution is -2.39. The Bertz CT molecular complexity index is 1530. The molecule has 37 heavy (non-hydrogen) atoms. The highest BCUT2D eigenvalue weighted by molar-refractivity contribution is 5.85. The fourth-order valence-electron chi connectivity index (χ4n) is 5.63. The number of para-hydroxylation sites is 1. The van der Waals surface area contributed by atoms with Crippen LogP contribution < -0.4 is 10.5 Å². The Morgan fingerprint density at radius 2 is 1.78 bits per heavy atom. The van der Waals surface area contributed by atoms with Gasteiger partial charge in [-0.15, -0.1) is 0 Å². The maximum Gasteiger partial charge on any atom is 0.433 e. The molecule has 1 saturated carbocycles. The molecule has 4 aromatic rings. The summed E-state index contributed by atoms with van der Waals surface area (Å²) in [5, 5.41) is 0.721. The number of halogens is 6. The Morgan fingerprint density at radius 3 is 2.54 bits per heavy atom. The Morgan fingerprint density at radius 1 is 0.973 bits per heavy atom. The molecule has 12 heteroatoms. The molecule has 1 aliphatic carbocycles. The summed E-state index contributed by atoms with van der Waals surface area (Å²) in [6.45, 7) is 0. The molecule has 1 aliphatic heterocycles. The van der Waals surface area contributed by atoms with Crippen molar-refractivity contribution < 1.29 is 30.8 Å². The molecule has 0 amide bonds. The van der Waals surface area contributed by atoms with E-state index in [4.69, 9.17) is 4.42 Å². The van der Waals surface area contributed by atoms with Crippen LogP contribution in [0.4, 0.5) is 32.2 Å². The van der Waals surface area contributed by atoms with E-state index in [0.29, 0.717) is 36.6 Å². The highest BCUT2D eigenvalue weighted by Crippen LogP contribution is 2.52. The van der Waals surface area contributed by atoms with Crippen LogP contribution in [-0.2, 0) is 12.4 Å². The second kappa shape index (κ2) is 8.09. The molecule has 192 valence electrons. The summed E-state index contributed by atoms with van der Waals surface area (Å²) < 4.78 is 88.4. The van der Waals surface area contributed by atoms with Crippen molar-refractivity contribution in [1.82, 2.24) is 14.5 Å². The summed E-state index contributed by atoms with van der Waals surface area (Å²) in [5.74, 6) is -0.386. The quantitative estimate of drug-likeness (QED) is 0.304. The number of hydrogen-bond donors (Lipinski definition) is 0. The molecule has 0 spiro atoms. The number of nitrogens with zero attached hydrogens (tertiary/aromatic N) is 4. The molecule has 6 rings (SSSR count). The summed E-state index contributed by atoms with van der Waals surface area (Å²) >= 11 is 0. The van der Waals surface area contributed by atoms with E-state index in [1.165, 1.54) is 28.0 Å². The Kier molecular flexibility index (Phi) is 5.15. The number of aromatic nitrogens is 3. The van der Waals surface area contributed by atoms with Gasteiger partial charge in [0.2, 0.25) is 0 Å². The van der Waals surface area contributed by atoms with Crippen LogP contribution >= 0.6 is 0 Å². The standard InChI is InChI=1S/C25H18F6N4O2/c26-24(27,28)15-11-18(25(29,30)31)33-19(12-15)34-16-5-4-14(10-16)21(34)23-32-8-6-20(36)35(23)17-3-1-2-13-7-9-37-22(13)17/h1-3,6-9,11-12,14,16,21H,4-5,10H2/t14-,16+,21-/m0/s1. The number of furan rings is 1. The topological polar surface area (TPSA) is 64.2 Å². The molecule has 3 atom stereocenters. The van der Waals surface area contributed by atoms with Crippen molar-refractivity contribution in [3.63, 3.8) is 0 Å². The van der Waals surface area contributed by atoms with Crippen molar-refractivity contribution >= 4 is 16.8 Å². The van der Waals surface area contributed by atoms with Crippen LogP contribution in [0.5, 0.6) is 0 Å². The fourth-order valence-corrected chi connectivity index (χ4v) is 5.63. The average Bonchev–Trinajstić information content (AvgIpc) is 3.58. The zero-order valence-corrected chi connectivity index (χ0v) is 18.9. The fraction of sp³-hybridized carbons (Fsp3) is 0.320. The van der Waals surface area contributed by atoms with Gasteiger partial charge in [-0.1, -0.05) is 12.1 Å². The van der Waals surface area contributed by atoms with Crippen molar-refractivity contribution in [2.75, 3.05) is 4.90 Å². The number of rotatable bonds is 3. The van der Waals surface area contributed by atoms with Crippen molar-refractivity contribution in [3.8, 4) is 5.69 Å². The number of piperidine rings is 1. The highest BCUT2D eigenvalue weighted by atomic mass is 19.4. The van der Waals surface area contributed by atoms with Gasteiger partial charge in [-0.3, -0.25) is 9.36 Å². The van der Waals surface area contributed by atoms with Crippen LogP contribution in [0.25, 0.3) is 16.7 Å². The van der Waals surface area contributed by atoms with Gasteiger partial charge in [0.1, 0.15) is 17.3 Å². The predicted molar refractivity (Wildman–Crippen MR) is 120 cm³/mol.